The van der Waals surface area contributed by atoms with Crippen LogP contribution >= 0.6 is 0 Å². The topological polar surface area (TPSA) is 65.6 Å². The molecule has 0 saturated heterocycles. The van der Waals surface area contributed by atoms with Gasteiger partial charge in [-0.2, -0.15) is 0 Å². The molecule has 4 aromatic rings. The van der Waals surface area contributed by atoms with Crippen LogP contribution in [0.5, 0.6) is 5.75 Å². The van der Waals surface area contributed by atoms with E-state index in [2.05, 4.69) is 17.1 Å². The Kier molecular flexibility index (Phi) is 8.07. The Labute approximate surface area is 224 Å². The molecule has 6 heteroatoms. The lowest BCUT2D eigenvalue weighted by molar-refractivity contribution is 0.0607. The van der Waals surface area contributed by atoms with Gasteiger partial charge in [-0.25, -0.2) is 0 Å². The number of H-pyrrole nitrogens is 1. The van der Waals surface area contributed by atoms with Crippen LogP contribution in [-0.4, -0.2) is 58.9 Å². The molecule has 0 radical (unpaired) electrons. The number of aromatic amines is 1. The number of carbonyl (C=O) groups excluding carboxylic acids is 2. The van der Waals surface area contributed by atoms with Gasteiger partial charge >= 0.3 is 0 Å². The molecule has 1 aromatic heterocycles. The molecule has 2 amide bonds. The summed E-state index contributed by atoms with van der Waals surface area (Å²) in [6, 6.07) is 25.3. The Hall–Kier alpha value is -4.06. The predicted molar refractivity (Wildman–Crippen MR) is 151 cm³/mol. The number of nitrogens with zero attached hydrogens (tertiary/aromatic N) is 2. The van der Waals surface area contributed by atoms with Gasteiger partial charge in [0, 0.05) is 42.3 Å². The molecule has 0 spiro atoms. The molecule has 0 unspecified atom stereocenters. The maximum Gasteiger partial charge on any atom is 0.257 e. The SMILES string of the molecule is CCN1CCCCCN(C(=O)c2cccc3[nH]ccc23)[C@@H](Cc2ccccc2)COc2ccccc2C1=O. The fourth-order valence-electron chi connectivity index (χ4n) is 5.31. The van der Waals surface area contributed by atoms with E-state index in [0.717, 1.165) is 35.7 Å². The first-order chi connectivity index (χ1) is 18.7. The minimum atomic E-state index is -0.203. The van der Waals surface area contributed by atoms with E-state index in [1.165, 1.54) is 0 Å². The van der Waals surface area contributed by atoms with E-state index in [4.69, 9.17) is 4.74 Å². The van der Waals surface area contributed by atoms with Crippen molar-refractivity contribution in [2.24, 2.45) is 0 Å². The lowest BCUT2D eigenvalue weighted by atomic mass is 10.0. The number of carbonyl (C=O) groups is 2. The number of para-hydroxylation sites is 1. The number of hydrogen-bond acceptors (Lipinski definition) is 3. The first-order valence-corrected chi connectivity index (χ1v) is 13.6. The van der Waals surface area contributed by atoms with Gasteiger partial charge in [-0.1, -0.05) is 48.5 Å². The number of ether oxygens (including phenoxy) is 1. The molecule has 196 valence electrons. The van der Waals surface area contributed by atoms with Crippen molar-refractivity contribution in [1.29, 1.82) is 0 Å². The van der Waals surface area contributed by atoms with Crippen molar-refractivity contribution < 1.29 is 14.3 Å². The standard InChI is InChI=1S/C32H35N3O3/c1-2-34-20-9-4-10-21-35(32(37)27-15-11-16-29-26(27)18-19-33-29)25(22-24-12-5-3-6-13-24)23-38-30-17-8-7-14-28(30)31(34)36/h3,5-8,11-19,25,33H,2,4,9-10,20-23H2,1H3/t25-/m0/s1. The van der Waals surface area contributed by atoms with Crippen LogP contribution in [0.1, 0.15) is 52.5 Å². The van der Waals surface area contributed by atoms with E-state index < -0.39 is 0 Å². The highest BCUT2D eigenvalue weighted by Gasteiger charge is 2.28. The summed E-state index contributed by atoms with van der Waals surface area (Å²) in [5.41, 5.74) is 3.36. The third-order valence-electron chi connectivity index (χ3n) is 7.39. The Morgan fingerprint density at radius 1 is 0.921 bits per heavy atom. The zero-order chi connectivity index (χ0) is 26.3. The summed E-state index contributed by atoms with van der Waals surface area (Å²) in [7, 11) is 0. The fraction of sp³-hybridized carbons (Fsp3) is 0.312. The third kappa shape index (κ3) is 5.59. The third-order valence-corrected chi connectivity index (χ3v) is 7.39. The molecule has 3 aromatic carbocycles. The van der Waals surface area contributed by atoms with Crippen molar-refractivity contribution in [2.45, 2.75) is 38.6 Å². The zero-order valence-electron chi connectivity index (χ0n) is 21.9. The van der Waals surface area contributed by atoms with Gasteiger partial charge in [-0.3, -0.25) is 9.59 Å². The second-order valence-electron chi connectivity index (χ2n) is 9.84. The maximum atomic E-state index is 14.2. The van der Waals surface area contributed by atoms with E-state index in [9.17, 15) is 9.59 Å². The number of hydrogen-bond donors (Lipinski definition) is 1. The van der Waals surface area contributed by atoms with E-state index >= 15 is 0 Å². The highest BCUT2D eigenvalue weighted by molar-refractivity contribution is 6.06. The van der Waals surface area contributed by atoms with Crippen molar-refractivity contribution >= 4 is 22.7 Å². The highest BCUT2D eigenvalue weighted by Crippen LogP contribution is 2.25. The fourth-order valence-corrected chi connectivity index (χ4v) is 5.31. The van der Waals surface area contributed by atoms with Gasteiger partial charge < -0.3 is 19.5 Å². The molecule has 1 aliphatic rings. The van der Waals surface area contributed by atoms with Gasteiger partial charge in [0.15, 0.2) is 0 Å². The number of fused-ring (bicyclic) bond motifs is 2. The van der Waals surface area contributed by atoms with Crippen LogP contribution in [0.2, 0.25) is 0 Å². The molecule has 1 aliphatic heterocycles. The van der Waals surface area contributed by atoms with Crippen molar-refractivity contribution in [3.8, 4) is 5.75 Å². The molecule has 2 heterocycles. The molecule has 0 fully saturated rings. The average molecular weight is 510 g/mol. The molecule has 1 N–H and O–H groups in total. The molecule has 1 atom stereocenters. The summed E-state index contributed by atoms with van der Waals surface area (Å²) in [5.74, 6) is 0.566. The number of rotatable bonds is 4. The van der Waals surface area contributed by atoms with Gasteiger partial charge in [-0.05, 0) is 68.5 Å². The summed E-state index contributed by atoms with van der Waals surface area (Å²) < 4.78 is 6.39. The summed E-state index contributed by atoms with van der Waals surface area (Å²) in [6.07, 6.45) is 5.22. The number of benzene rings is 3. The van der Waals surface area contributed by atoms with E-state index in [-0.39, 0.29) is 17.9 Å². The molecule has 5 rings (SSSR count). The van der Waals surface area contributed by atoms with E-state index in [1.807, 2.05) is 89.7 Å². The van der Waals surface area contributed by atoms with Crippen LogP contribution in [-0.2, 0) is 6.42 Å². The summed E-state index contributed by atoms with van der Waals surface area (Å²) in [5, 5.41) is 0.925. The molecule has 6 nitrogen and oxygen atoms in total. The minimum absolute atomic E-state index is 0.00553. The Morgan fingerprint density at radius 3 is 2.55 bits per heavy atom. The smallest absolute Gasteiger partial charge is 0.257 e. The Bertz CT molecular complexity index is 1380. The largest absolute Gasteiger partial charge is 0.491 e. The molecular weight excluding hydrogens is 474 g/mol. The number of aromatic nitrogens is 1. The van der Waals surface area contributed by atoms with Crippen molar-refractivity contribution in [3.63, 3.8) is 0 Å². The minimum Gasteiger partial charge on any atom is -0.491 e. The van der Waals surface area contributed by atoms with Crippen LogP contribution in [0.4, 0.5) is 0 Å². The lowest BCUT2D eigenvalue weighted by Crippen LogP contribution is -2.45. The zero-order valence-corrected chi connectivity index (χ0v) is 21.9. The van der Waals surface area contributed by atoms with E-state index in [0.29, 0.717) is 49.5 Å². The van der Waals surface area contributed by atoms with Gasteiger partial charge in [-0.15, -0.1) is 0 Å². The second kappa shape index (κ2) is 12.0. The van der Waals surface area contributed by atoms with Crippen LogP contribution in [0.15, 0.2) is 85.1 Å². The first kappa shape index (κ1) is 25.6. The van der Waals surface area contributed by atoms with Crippen molar-refractivity contribution in [3.05, 3.63) is 102 Å². The quantitative estimate of drug-likeness (QED) is 0.370. The number of nitrogens with one attached hydrogen (secondary N) is 1. The molecule has 38 heavy (non-hydrogen) atoms. The Balaban J connectivity index is 1.52. The van der Waals surface area contributed by atoms with Crippen molar-refractivity contribution in [2.75, 3.05) is 26.2 Å². The van der Waals surface area contributed by atoms with Crippen LogP contribution in [0.25, 0.3) is 10.9 Å². The monoisotopic (exact) mass is 509 g/mol. The van der Waals surface area contributed by atoms with Gasteiger partial charge in [0.2, 0.25) is 0 Å². The van der Waals surface area contributed by atoms with Gasteiger partial charge in [0.1, 0.15) is 12.4 Å². The second-order valence-corrected chi connectivity index (χ2v) is 9.84. The maximum absolute atomic E-state index is 14.2. The molecule has 0 aliphatic carbocycles. The van der Waals surface area contributed by atoms with E-state index in [1.54, 1.807) is 0 Å². The number of amides is 2. The molecular formula is C32H35N3O3. The highest BCUT2D eigenvalue weighted by atomic mass is 16.5. The molecule has 0 bridgehead atoms. The predicted octanol–water partition coefficient (Wildman–Crippen LogP) is 5.95. The van der Waals surface area contributed by atoms with Crippen LogP contribution in [0.3, 0.4) is 0 Å². The van der Waals surface area contributed by atoms with Crippen molar-refractivity contribution in [1.82, 2.24) is 14.8 Å². The van der Waals surface area contributed by atoms with Crippen LogP contribution in [0, 0.1) is 0 Å². The van der Waals surface area contributed by atoms with Crippen LogP contribution < -0.4 is 4.74 Å². The summed E-state index contributed by atoms with van der Waals surface area (Å²) >= 11 is 0. The lowest BCUT2D eigenvalue weighted by Gasteiger charge is -2.32. The summed E-state index contributed by atoms with van der Waals surface area (Å²) in [6.45, 7) is 4.27. The first-order valence-electron chi connectivity index (χ1n) is 13.6. The molecule has 0 saturated carbocycles. The summed E-state index contributed by atoms with van der Waals surface area (Å²) in [4.78, 5) is 34.7. The van der Waals surface area contributed by atoms with Gasteiger partial charge in [0.05, 0.1) is 11.6 Å². The normalized spacial score (nSPS) is 17.2. The Morgan fingerprint density at radius 2 is 1.71 bits per heavy atom. The average Bonchev–Trinajstić information content (AvgIpc) is 3.44. The van der Waals surface area contributed by atoms with Gasteiger partial charge in [0.25, 0.3) is 11.8 Å².